The van der Waals surface area contributed by atoms with E-state index in [0.717, 1.165) is 10.5 Å². The third kappa shape index (κ3) is 4.02. The van der Waals surface area contributed by atoms with Gasteiger partial charge < -0.3 is 9.64 Å². The monoisotopic (exact) mass is 410 g/mol. The molecule has 2 aromatic rings. The van der Waals surface area contributed by atoms with Crippen LogP contribution in [0.2, 0.25) is 0 Å². The van der Waals surface area contributed by atoms with Crippen LogP contribution in [0, 0.1) is 10.1 Å². The standard InChI is InChI=1S/C21H18N2O5S/c24-19-11-17-10-18(29-13-15-4-2-1-3-5-15)20(22(17)19)21(25)28-12-14-6-8-16(9-7-14)23(26)27/h1-10,17,20H,11-13H2. The van der Waals surface area contributed by atoms with Crippen molar-refractivity contribution < 1.29 is 19.2 Å². The summed E-state index contributed by atoms with van der Waals surface area (Å²) in [5.74, 6) is 0.164. The van der Waals surface area contributed by atoms with Gasteiger partial charge in [-0.2, -0.15) is 0 Å². The lowest BCUT2D eigenvalue weighted by Crippen LogP contribution is -2.55. The Labute approximate surface area is 171 Å². The molecule has 0 spiro atoms. The molecule has 8 heteroatoms. The van der Waals surface area contributed by atoms with E-state index >= 15 is 0 Å². The molecular weight excluding hydrogens is 392 g/mol. The molecule has 148 valence electrons. The smallest absolute Gasteiger partial charge is 0.334 e. The average Bonchev–Trinajstić information content (AvgIpc) is 3.03. The molecule has 2 aromatic carbocycles. The van der Waals surface area contributed by atoms with Crippen molar-refractivity contribution in [2.24, 2.45) is 0 Å². The molecule has 2 atom stereocenters. The molecule has 2 aliphatic rings. The number of rotatable bonds is 7. The summed E-state index contributed by atoms with van der Waals surface area (Å²) in [5.41, 5.74) is 1.76. The van der Waals surface area contributed by atoms with Crippen LogP contribution >= 0.6 is 11.8 Å². The van der Waals surface area contributed by atoms with Gasteiger partial charge in [0.2, 0.25) is 5.91 Å². The number of hydrogen-bond donors (Lipinski definition) is 0. The van der Waals surface area contributed by atoms with Crippen LogP contribution in [-0.2, 0) is 26.7 Å². The molecule has 1 amide bonds. The van der Waals surface area contributed by atoms with Gasteiger partial charge in [-0.1, -0.05) is 30.3 Å². The topological polar surface area (TPSA) is 89.7 Å². The maximum atomic E-state index is 12.8. The average molecular weight is 410 g/mol. The number of nitro groups is 1. The Kier molecular flexibility index (Phi) is 5.35. The van der Waals surface area contributed by atoms with Gasteiger partial charge in [0, 0.05) is 22.8 Å². The van der Waals surface area contributed by atoms with E-state index in [1.807, 2.05) is 36.4 Å². The number of β-lactam (4-membered cyclic amide) rings is 1. The van der Waals surface area contributed by atoms with Gasteiger partial charge in [-0.15, -0.1) is 11.8 Å². The van der Waals surface area contributed by atoms with Crippen molar-refractivity contribution in [1.29, 1.82) is 0 Å². The lowest BCUT2D eigenvalue weighted by molar-refractivity contribution is -0.384. The summed E-state index contributed by atoms with van der Waals surface area (Å²) in [7, 11) is 0. The number of thioether (sulfide) groups is 1. The molecule has 0 aliphatic carbocycles. The van der Waals surface area contributed by atoms with Crippen molar-refractivity contribution in [2.45, 2.75) is 30.9 Å². The zero-order valence-corrected chi connectivity index (χ0v) is 16.2. The van der Waals surface area contributed by atoms with E-state index < -0.39 is 16.9 Å². The van der Waals surface area contributed by atoms with Crippen LogP contribution in [0.5, 0.6) is 0 Å². The number of nitrogens with zero attached hydrogens (tertiary/aromatic N) is 2. The molecule has 1 saturated heterocycles. The van der Waals surface area contributed by atoms with Crippen molar-refractivity contribution in [3.8, 4) is 0 Å². The predicted molar refractivity (Wildman–Crippen MR) is 108 cm³/mol. The predicted octanol–water partition coefficient (Wildman–Crippen LogP) is 3.44. The van der Waals surface area contributed by atoms with Gasteiger partial charge >= 0.3 is 5.97 Å². The molecule has 2 unspecified atom stereocenters. The second-order valence-electron chi connectivity index (χ2n) is 6.85. The normalized spacial score (nSPS) is 19.9. The first-order valence-electron chi connectivity index (χ1n) is 9.12. The van der Waals surface area contributed by atoms with Crippen LogP contribution in [0.25, 0.3) is 0 Å². The lowest BCUT2D eigenvalue weighted by atomic mass is 10.0. The van der Waals surface area contributed by atoms with E-state index in [9.17, 15) is 19.7 Å². The molecule has 0 radical (unpaired) electrons. The number of nitro benzene ring substituents is 1. The minimum Gasteiger partial charge on any atom is -0.459 e. The zero-order valence-electron chi connectivity index (χ0n) is 15.4. The van der Waals surface area contributed by atoms with Crippen LogP contribution in [0.3, 0.4) is 0 Å². The van der Waals surface area contributed by atoms with Crippen LogP contribution in [0.15, 0.2) is 65.6 Å². The van der Waals surface area contributed by atoms with Gasteiger partial charge in [0.25, 0.3) is 5.69 Å². The molecule has 2 aliphatic heterocycles. The molecule has 2 heterocycles. The van der Waals surface area contributed by atoms with E-state index in [1.54, 1.807) is 28.8 Å². The summed E-state index contributed by atoms with van der Waals surface area (Å²) < 4.78 is 5.44. The largest absolute Gasteiger partial charge is 0.459 e. The highest BCUT2D eigenvalue weighted by atomic mass is 32.2. The Hall–Kier alpha value is -3.13. The van der Waals surface area contributed by atoms with Crippen molar-refractivity contribution in [1.82, 2.24) is 4.90 Å². The number of benzene rings is 2. The van der Waals surface area contributed by atoms with Crippen molar-refractivity contribution in [3.63, 3.8) is 0 Å². The maximum absolute atomic E-state index is 12.8. The Morgan fingerprint density at radius 1 is 1.14 bits per heavy atom. The Balaban J connectivity index is 1.41. The number of carbonyl (C=O) groups is 2. The van der Waals surface area contributed by atoms with Gasteiger partial charge in [0.05, 0.1) is 17.4 Å². The lowest BCUT2D eigenvalue weighted by Gasteiger charge is -2.38. The van der Waals surface area contributed by atoms with Crippen LogP contribution < -0.4 is 0 Å². The van der Waals surface area contributed by atoms with E-state index in [2.05, 4.69) is 0 Å². The van der Waals surface area contributed by atoms with Gasteiger partial charge in [-0.3, -0.25) is 14.9 Å². The second-order valence-corrected chi connectivity index (χ2v) is 7.90. The van der Waals surface area contributed by atoms with Crippen LogP contribution in [-0.4, -0.2) is 33.8 Å². The number of non-ortho nitro benzene ring substituents is 1. The number of amides is 1. The van der Waals surface area contributed by atoms with Gasteiger partial charge in [0.1, 0.15) is 6.61 Å². The zero-order chi connectivity index (χ0) is 20.4. The molecular formula is C21H18N2O5S. The van der Waals surface area contributed by atoms with E-state index in [-0.39, 0.29) is 24.2 Å². The highest BCUT2D eigenvalue weighted by Gasteiger charge is 2.50. The summed E-state index contributed by atoms with van der Waals surface area (Å²) >= 11 is 1.54. The Morgan fingerprint density at radius 2 is 1.86 bits per heavy atom. The third-order valence-corrected chi connectivity index (χ3v) is 6.10. The molecule has 0 aromatic heterocycles. The van der Waals surface area contributed by atoms with E-state index in [0.29, 0.717) is 17.7 Å². The third-order valence-electron chi connectivity index (χ3n) is 4.93. The van der Waals surface area contributed by atoms with Gasteiger partial charge in [-0.05, 0) is 29.3 Å². The van der Waals surface area contributed by atoms with Gasteiger partial charge in [0.15, 0.2) is 6.04 Å². The van der Waals surface area contributed by atoms with Crippen molar-refractivity contribution in [3.05, 3.63) is 86.8 Å². The first-order valence-corrected chi connectivity index (χ1v) is 10.1. The molecule has 0 saturated carbocycles. The number of esters is 1. The first kappa shape index (κ1) is 19.2. The molecule has 29 heavy (non-hydrogen) atoms. The van der Waals surface area contributed by atoms with E-state index in [4.69, 9.17) is 4.74 Å². The maximum Gasteiger partial charge on any atom is 0.334 e. The fraction of sp³-hybridized carbons (Fsp3) is 0.238. The highest BCUT2D eigenvalue weighted by molar-refractivity contribution is 8.02. The Bertz CT molecular complexity index is 974. The summed E-state index contributed by atoms with van der Waals surface area (Å²) in [5, 5.41) is 10.7. The van der Waals surface area contributed by atoms with Crippen LogP contribution in [0.1, 0.15) is 17.5 Å². The van der Waals surface area contributed by atoms with E-state index in [1.165, 1.54) is 12.1 Å². The number of ether oxygens (including phenoxy) is 1. The number of hydrogen-bond acceptors (Lipinski definition) is 6. The minimum absolute atomic E-state index is 0.00332. The van der Waals surface area contributed by atoms with Gasteiger partial charge in [-0.25, -0.2) is 4.79 Å². The first-order chi connectivity index (χ1) is 14.0. The fourth-order valence-corrected chi connectivity index (χ4v) is 4.54. The van der Waals surface area contributed by atoms with Crippen LogP contribution in [0.4, 0.5) is 5.69 Å². The summed E-state index contributed by atoms with van der Waals surface area (Å²) in [6, 6.07) is 15.0. The molecule has 0 bridgehead atoms. The minimum atomic E-state index is -0.715. The summed E-state index contributed by atoms with van der Waals surface area (Å²) in [4.78, 5) is 37.5. The number of fused-ring (bicyclic) bond motifs is 1. The second kappa shape index (κ2) is 8.08. The Morgan fingerprint density at radius 3 is 2.52 bits per heavy atom. The molecule has 1 fully saturated rings. The van der Waals surface area contributed by atoms with Crippen molar-refractivity contribution in [2.75, 3.05) is 0 Å². The molecule has 0 N–H and O–H groups in total. The molecule has 4 rings (SSSR count). The summed E-state index contributed by atoms with van der Waals surface area (Å²) in [6.07, 6.45) is 2.40. The quantitative estimate of drug-likeness (QED) is 0.301. The number of carbonyl (C=O) groups excluding carboxylic acids is 2. The van der Waals surface area contributed by atoms with Crippen molar-refractivity contribution >= 4 is 29.3 Å². The fourth-order valence-electron chi connectivity index (χ4n) is 3.39. The SMILES string of the molecule is O=C(OCc1ccc([N+](=O)[O-])cc1)C1C(SCc2ccccc2)=CC2CC(=O)N21. The highest BCUT2D eigenvalue weighted by Crippen LogP contribution is 2.40. The molecule has 7 nitrogen and oxygen atoms in total. The summed E-state index contributed by atoms with van der Waals surface area (Å²) in [6.45, 7) is -0.00332.